The van der Waals surface area contributed by atoms with Gasteiger partial charge in [-0.25, -0.2) is 8.42 Å². The fraction of sp³-hybridized carbons (Fsp3) is 0.261. The van der Waals surface area contributed by atoms with Gasteiger partial charge in [0.05, 0.1) is 16.2 Å². The van der Waals surface area contributed by atoms with Crippen molar-refractivity contribution in [3.63, 3.8) is 0 Å². The van der Waals surface area contributed by atoms with Crippen LogP contribution in [0.2, 0.25) is 0 Å². The quantitative estimate of drug-likeness (QED) is 0.422. The van der Waals surface area contributed by atoms with E-state index in [2.05, 4.69) is 21.6 Å². The van der Waals surface area contributed by atoms with Crippen LogP contribution in [0.3, 0.4) is 0 Å². The highest BCUT2D eigenvalue weighted by Gasteiger charge is 2.27. The number of amides is 1. The van der Waals surface area contributed by atoms with Crippen LogP contribution in [0.5, 0.6) is 0 Å². The number of nitrogens with one attached hydrogen (secondary N) is 1. The molecule has 1 saturated heterocycles. The number of hydrogen-bond acceptors (Lipinski definition) is 6. The van der Waals surface area contributed by atoms with Crippen LogP contribution in [0.4, 0.5) is 5.69 Å². The molecule has 0 atom stereocenters. The Morgan fingerprint density at radius 2 is 1.85 bits per heavy atom. The lowest BCUT2D eigenvalue weighted by atomic mass is 10.1. The molecule has 10 heteroatoms. The molecule has 0 radical (unpaired) electrons. The number of rotatable bonds is 6. The van der Waals surface area contributed by atoms with Crippen LogP contribution in [0.1, 0.15) is 18.4 Å². The highest BCUT2D eigenvalue weighted by Crippen LogP contribution is 2.26. The van der Waals surface area contributed by atoms with Gasteiger partial charge in [-0.3, -0.25) is 9.20 Å². The van der Waals surface area contributed by atoms with Gasteiger partial charge in [-0.1, -0.05) is 36.0 Å². The molecule has 0 unspecified atom stereocenters. The number of aryl methyl sites for hydroxylation is 1. The molecule has 5 rings (SSSR count). The third-order valence-electron chi connectivity index (χ3n) is 5.73. The molecular formula is C23H23N5O3S2. The molecule has 0 spiro atoms. The number of aromatic nitrogens is 3. The van der Waals surface area contributed by atoms with Crippen LogP contribution in [-0.2, 0) is 14.8 Å². The molecule has 170 valence electrons. The predicted octanol–water partition coefficient (Wildman–Crippen LogP) is 3.71. The van der Waals surface area contributed by atoms with Gasteiger partial charge < -0.3 is 5.32 Å². The number of sulfonamides is 1. The van der Waals surface area contributed by atoms with Crippen molar-refractivity contribution in [2.75, 3.05) is 24.2 Å². The molecule has 3 heterocycles. The molecule has 1 amide bonds. The Balaban J connectivity index is 1.32. The summed E-state index contributed by atoms with van der Waals surface area (Å²) in [5.41, 5.74) is 3.28. The molecule has 8 nitrogen and oxygen atoms in total. The number of para-hydroxylation sites is 1. The average Bonchev–Trinajstić information content (AvgIpc) is 3.49. The first-order chi connectivity index (χ1) is 15.9. The van der Waals surface area contributed by atoms with E-state index in [-0.39, 0.29) is 16.6 Å². The number of pyridine rings is 1. The predicted molar refractivity (Wildman–Crippen MR) is 129 cm³/mol. The van der Waals surface area contributed by atoms with Gasteiger partial charge in [0.1, 0.15) is 0 Å². The highest BCUT2D eigenvalue weighted by molar-refractivity contribution is 7.99. The van der Waals surface area contributed by atoms with E-state index in [1.54, 1.807) is 18.2 Å². The topological polar surface area (TPSA) is 96.7 Å². The Hall–Kier alpha value is -2.95. The maximum Gasteiger partial charge on any atom is 0.243 e. The summed E-state index contributed by atoms with van der Waals surface area (Å²) in [7, 11) is -3.54. The number of carbonyl (C=O) groups excluding carboxylic acids is 1. The van der Waals surface area contributed by atoms with E-state index in [4.69, 9.17) is 0 Å². The van der Waals surface area contributed by atoms with Crippen molar-refractivity contribution in [1.82, 2.24) is 18.9 Å². The van der Waals surface area contributed by atoms with Crippen LogP contribution in [-0.4, -0.2) is 52.1 Å². The highest BCUT2D eigenvalue weighted by atomic mass is 32.2. The van der Waals surface area contributed by atoms with Crippen molar-refractivity contribution in [3.8, 4) is 0 Å². The number of carbonyl (C=O) groups is 1. The van der Waals surface area contributed by atoms with E-state index in [0.717, 1.165) is 35.0 Å². The Morgan fingerprint density at radius 1 is 1.06 bits per heavy atom. The Bertz CT molecular complexity index is 1460. The molecule has 2 aromatic heterocycles. The fourth-order valence-corrected chi connectivity index (χ4v) is 6.42. The van der Waals surface area contributed by atoms with Gasteiger partial charge in [-0.15, -0.1) is 10.2 Å². The summed E-state index contributed by atoms with van der Waals surface area (Å²) < 4.78 is 29.0. The molecule has 1 fully saturated rings. The number of hydrogen-bond donors (Lipinski definition) is 1. The number of thioether (sulfide) groups is 1. The van der Waals surface area contributed by atoms with Gasteiger partial charge in [-0.05, 0) is 55.7 Å². The molecular weight excluding hydrogens is 458 g/mol. The summed E-state index contributed by atoms with van der Waals surface area (Å²) in [6, 6.07) is 16.4. The van der Waals surface area contributed by atoms with Gasteiger partial charge in [0.15, 0.2) is 10.8 Å². The van der Waals surface area contributed by atoms with E-state index in [1.165, 1.54) is 22.1 Å². The lowest BCUT2D eigenvalue weighted by Gasteiger charge is -2.16. The zero-order valence-electron chi connectivity index (χ0n) is 18.1. The Morgan fingerprint density at radius 3 is 2.67 bits per heavy atom. The minimum absolute atomic E-state index is 0.117. The van der Waals surface area contributed by atoms with Crippen LogP contribution in [0, 0.1) is 6.92 Å². The molecule has 2 aromatic carbocycles. The molecule has 1 aliphatic rings. The van der Waals surface area contributed by atoms with Gasteiger partial charge in [0.25, 0.3) is 0 Å². The summed E-state index contributed by atoms with van der Waals surface area (Å²) in [6.07, 6.45) is 1.75. The second kappa shape index (κ2) is 8.77. The third-order valence-corrected chi connectivity index (χ3v) is 8.55. The van der Waals surface area contributed by atoms with Crippen molar-refractivity contribution < 1.29 is 13.2 Å². The van der Waals surface area contributed by atoms with E-state index in [1.807, 2.05) is 35.6 Å². The molecule has 4 aromatic rings. The van der Waals surface area contributed by atoms with Crippen molar-refractivity contribution >= 4 is 49.9 Å². The number of nitrogens with zero attached hydrogens (tertiary/aromatic N) is 4. The minimum Gasteiger partial charge on any atom is -0.325 e. The minimum atomic E-state index is -3.54. The Kier molecular flexibility index (Phi) is 5.81. The second-order valence-corrected chi connectivity index (χ2v) is 10.9. The fourth-order valence-electron chi connectivity index (χ4n) is 4.11. The number of fused-ring (bicyclic) bond motifs is 3. The van der Waals surface area contributed by atoms with Crippen LogP contribution < -0.4 is 5.32 Å². The van der Waals surface area contributed by atoms with E-state index < -0.39 is 10.0 Å². The lowest BCUT2D eigenvalue weighted by molar-refractivity contribution is -0.113. The molecule has 0 bridgehead atoms. The maximum atomic E-state index is 12.8. The van der Waals surface area contributed by atoms with Gasteiger partial charge in [-0.2, -0.15) is 4.31 Å². The van der Waals surface area contributed by atoms with Crippen molar-refractivity contribution in [2.24, 2.45) is 0 Å². The first-order valence-electron chi connectivity index (χ1n) is 10.7. The molecule has 1 aliphatic heterocycles. The SMILES string of the molecule is Cc1cc2nnc(SCC(=O)Nc3cccc(S(=O)(=O)N4CCCC4)c3)n2c2ccccc12. The largest absolute Gasteiger partial charge is 0.325 e. The molecule has 0 aliphatic carbocycles. The number of anilines is 1. The number of benzene rings is 2. The third kappa shape index (κ3) is 4.21. The summed E-state index contributed by atoms with van der Waals surface area (Å²) in [5, 5.41) is 13.1. The molecule has 0 saturated carbocycles. The van der Waals surface area contributed by atoms with Crippen LogP contribution in [0.15, 0.2) is 64.6 Å². The zero-order chi connectivity index (χ0) is 23.0. The van der Waals surface area contributed by atoms with Crippen LogP contribution in [0.25, 0.3) is 16.6 Å². The normalized spacial score (nSPS) is 14.8. The maximum absolute atomic E-state index is 12.8. The van der Waals surface area contributed by atoms with Crippen molar-refractivity contribution in [1.29, 1.82) is 0 Å². The van der Waals surface area contributed by atoms with Gasteiger partial charge in [0, 0.05) is 24.2 Å². The summed E-state index contributed by atoms with van der Waals surface area (Å²) in [4.78, 5) is 12.8. The van der Waals surface area contributed by atoms with Crippen molar-refractivity contribution in [2.45, 2.75) is 29.8 Å². The standard InChI is InChI=1S/C23H23N5O3S2/c1-16-13-21-25-26-23(28(21)20-10-3-2-9-19(16)20)32-15-22(29)24-17-7-6-8-18(14-17)33(30,31)27-11-4-5-12-27/h2-3,6-10,13-14H,4-5,11-12,15H2,1H3,(H,24,29). The summed E-state index contributed by atoms with van der Waals surface area (Å²) in [5.74, 6) is -0.129. The monoisotopic (exact) mass is 481 g/mol. The second-order valence-electron chi connectivity index (χ2n) is 8.00. The van der Waals surface area contributed by atoms with Gasteiger partial charge >= 0.3 is 0 Å². The summed E-state index contributed by atoms with van der Waals surface area (Å²) >= 11 is 1.29. The van der Waals surface area contributed by atoms with Crippen LogP contribution >= 0.6 is 11.8 Å². The Labute approximate surface area is 196 Å². The lowest BCUT2D eigenvalue weighted by Crippen LogP contribution is -2.28. The first kappa shape index (κ1) is 21.9. The average molecular weight is 482 g/mol. The smallest absolute Gasteiger partial charge is 0.243 e. The van der Waals surface area contributed by atoms with E-state index in [9.17, 15) is 13.2 Å². The zero-order valence-corrected chi connectivity index (χ0v) is 19.7. The van der Waals surface area contributed by atoms with Gasteiger partial charge in [0.2, 0.25) is 15.9 Å². The molecule has 33 heavy (non-hydrogen) atoms. The van der Waals surface area contributed by atoms with E-state index >= 15 is 0 Å². The molecule has 1 N–H and O–H groups in total. The first-order valence-corrected chi connectivity index (χ1v) is 13.1. The van der Waals surface area contributed by atoms with Crippen molar-refractivity contribution in [3.05, 3.63) is 60.2 Å². The summed E-state index contributed by atoms with van der Waals surface area (Å²) in [6.45, 7) is 3.11. The van der Waals surface area contributed by atoms with E-state index in [0.29, 0.717) is 23.9 Å².